The van der Waals surface area contributed by atoms with Crippen molar-refractivity contribution in [2.24, 2.45) is 0 Å². The highest BCUT2D eigenvalue weighted by molar-refractivity contribution is 8.01. The smallest absolute Gasteiger partial charge is 0.0892 e. The number of aromatic nitrogens is 2. The Bertz CT molecular complexity index is 688. The van der Waals surface area contributed by atoms with Crippen molar-refractivity contribution in [1.82, 2.24) is 14.9 Å². The minimum absolute atomic E-state index is 0.361. The molecule has 24 heavy (non-hydrogen) atoms. The van der Waals surface area contributed by atoms with Gasteiger partial charge in [0, 0.05) is 48.2 Å². The Balaban J connectivity index is 1.24. The highest BCUT2D eigenvalue weighted by atomic mass is 32.2. The lowest BCUT2D eigenvalue weighted by molar-refractivity contribution is 0.0250. The molecule has 0 N–H and O–H groups in total. The molecule has 4 nitrogen and oxygen atoms in total. The lowest BCUT2D eigenvalue weighted by atomic mass is 9.92. The van der Waals surface area contributed by atoms with Crippen LogP contribution in [0.1, 0.15) is 23.4 Å². The number of aryl methyl sites for hydroxylation is 1. The third-order valence-corrected chi connectivity index (χ3v) is 6.34. The van der Waals surface area contributed by atoms with E-state index in [0.29, 0.717) is 17.5 Å². The highest BCUT2D eigenvalue weighted by Gasteiger charge is 2.49. The summed E-state index contributed by atoms with van der Waals surface area (Å²) in [5, 5.41) is 0. The van der Waals surface area contributed by atoms with Gasteiger partial charge >= 0.3 is 0 Å². The van der Waals surface area contributed by atoms with Crippen molar-refractivity contribution < 1.29 is 4.74 Å². The highest BCUT2D eigenvalue weighted by Crippen LogP contribution is 2.46. The molecule has 0 aromatic carbocycles. The van der Waals surface area contributed by atoms with Crippen LogP contribution < -0.4 is 0 Å². The van der Waals surface area contributed by atoms with Crippen LogP contribution >= 0.6 is 11.8 Å². The van der Waals surface area contributed by atoms with Gasteiger partial charge in [0.1, 0.15) is 0 Å². The molecule has 4 rings (SSSR count). The van der Waals surface area contributed by atoms with E-state index < -0.39 is 0 Å². The van der Waals surface area contributed by atoms with Gasteiger partial charge in [-0.2, -0.15) is 0 Å². The second-order valence-corrected chi connectivity index (χ2v) is 8.39. The molecule has 2 aliphatic rings. The van der Waals surface area contributed by atoms with E-state index >= 15 is 0 Å². The summed E-state index contributed by atoms with van der Waals surface area (Å²) < 4.78 is 6.53. The molecule has 2 aliphatic heterocycles. The van der Waals surface area contributed by atoms with E-state index in [2.05, 4.69) is 44.8 Å². The van der Waals surface area contributed by atoms with Crippen LogP contribution in [0.2, 0.25) is 0 Å². The minimum atomic E-state index is 0.361. The fourth-order valence-corrected chi connectivity index (χ4v) is 5.24. The second kappa shape index (κ2) is 6.82. The maximum absolute atomic E-state index is 6.12. The van der Waals surface area contributed by atoms with Crippen LogP contribution in [0.3, 0.4) is 0 Å². The number of hydrogen-bond acceptors (Lipinski definition) is 5. The fourth-order valence-electron chi connectivity index (χ4n) is 3.64. The molecule has 0 unspecified atom stereocenters. The zero-order valence-corrected chi connectivity index (χ0v) is 14.8. The molecule has 0 radical (unpaired) electrons. The first-order valence-electron chi connectivity index (χ1n) is 8.50. The monoisotopic (exact) mass is 341 g/mol. The van der Waals surface area contributed by atoms with E-state index in [1.807, 2.05) is 31.5 Å². The zero-order chi connectivity index (χ0) is 16.4. The van der Waals surface area contributed by atoms with Gasteiger partial charge in [-0.1, -0.05) is 6.07 Å². The minimum Gasteiger partial charge on any atom is -0.371 e. The number of hydrogen-bond donors (Lipinski definition) is 0. The molecule has 2 aromatic rings. The predicted molar refractivity (Wildman–Crippen MR) is 96.9 cm³/mol. The maximum Gasteiger partial charge on any atom is 0.0892 e. The van der Waals surface area contributed by atoms with E-state index in [9.17, 15) is 0 Å². The van der Waals surface area contributed by atoms with Crippen LogP contribution in [-0.4, -0.2) is 44.6 Å². The van der Waals surface area contributed by atoms with Gasteiger partial charge in [-0.15, -0.1) is 11.8 Å². The van der Waals surface area contributed by atoms with Crippen molar-refractivity contribution in [3.63, 3.8) is 0 Å². The molecule has 126 valence electrons. The summed E-state index contributed by atoms with van der Waals surface area (Å²) in [6.45, 7) is 6.02. The molecule has 2 aromatic heterocycles. The van der Waals surface area contributed by atoms with Crippen LogP contribution in [0.4, 0.5) is 0 Å². The quantitative estimate of drug-likeness (QED) is 0.836. The van der Waals surface area contributed by atoms with Gasteiger partial charge in [-0.25, -0.2) is 0 Å². The number of rotatable bonds is 5. The molecule has 0 saturated carbocycles. The Kier molecular flexibility index (Phi) is 4.57. The number of likely N-dealkylation sites (tertiary alicyclic amines) is 1. The maximum atomic E-state index is 6.12. The first-order chi connectivity index (χ1) is 11.7. The topological polar surface area (TPSA) is 38.2 Å². The summed E-state index contributed by atoms with van der Waals surface area (Å²) in [7, 11) is 0. The summed E-state index contributed by atoms with van der Waals surface area (Å²) in [6.07, 6.45) is 5.27. The average molecular weight is 341 g/mol. The van der Waals surface area contributed by atoms with Crippen molar-refractivity contribution in [3.8, 4) is 0 Å². The van der Waals surface area contributed by atoms with Crippen LogP contribution in [0.5, 0.6) is 0 Å². The van der Waals surface area contributed by atoms with E-state index in [1.54, 1.807) is 0 Å². The Hall–Kier alpha value is -1.43. The van der Waals surface area contributed by atoms with Gasteiger partial charge in [0.05, 0.1) is 18.4 Å². The zero-order valence-electron chi connectivity index (χ0n) is 14.0. The number of thioether (sulfide) groups is 1. The standard InChI is InChI=1S/C19H23N3OS/c1-15-3-2-4-17(21-15)11-23-18-9-19(24-12-18)13-22(14-19)10-16-5-7-20-8-6-16/h2-8,18H,9-14H2,1H3/t18-/m0/s1. The molecule has 1 spiro atoms. The van der Waals surface area contributed by atoms with E-state index in [1.165, 1.54) is 18.7 Å². The van der Waals surface area contributed by atoms with Crippen LogP contribution in [0, 0.1) is 6.92 Å². The Morgan fingerprint density at radius 2 is 2.08 bits per heavy atom. The molecule has 5 heteroatoms. The molecule has 1 atom stereocenters. The largest absolute Gasteiger partial charge is 0.371 e. The van der Waals surface area contributed by atoms with E-state index in [0.717, 1.165) is 30.1 Å². The van der Waals surface area contributed by atoms with Crippen LogP contribution in [-0.2, 0) is 17.9 Å². The average Bonchev–Trinajstić information content (AvgIpc) is 2.98. The van der Waals surface area contributed by atoms with Gasteiger partial charge in [0.25, 0.3) is 0 Å². The van der Waals surface area contributed by atoms with Gasteiger partial charge in [-0.3, -0.25) is 14.9 Å². The second-order valence-electron chi connectivity index (χ2n) is 6.90. The van der Waals surface area contributed by atoms with Crippen molar-refractivity contribution >= 4 is 11.8 Å². The number of pyridine rings is 2. The Labute approximate surface area is 147 Å². The van der Waals surface area contributed by atoms with Gasteiger partial charge < -0.3 is 4.74 Å². The third-order valence-electron chi connectivity index (χ3n) is 4.77. The van der Waals surface area contributed by atoms with Crippen LogP contribution in [0.25, 0.3) is 0 Å². The van der Waals surface area contributed by atoms with Crippen molar-refractivity contribution in [1.29, 1.82) is 0 Å². The summed E-state index contributed by atoms with van der Waals surface area (Å²) in [5.74, 6) is 1.11. The van der Waals surface area contributed by atoms with E-state index in [4.69, 9.17) is 4.74 Å². The van der Waals surface area contributed by atoms with Gasteiger partial charge in [0.15, 0.2) is 0 Å². The molecule has 0 aliphatic carbocycles. The number of ether oxygens (including phenoxy) is 1. The lowest BCUT2D eigenvalue weighted by Crippen LogP contribution is -2.58. The molecular weight excluding hydrogens is 318 g/mol. The number of nitrogens with zero attached hydrogens (tertiary/aromatic N) is 3. The third kappa shape index (κ3) is 3.63. The van der Waals surface area contributed by atoms with Crippen molar-refractivity contribution in [2.75, 3.05) is 18.8 Å². The van der Waals surface area contributed by atoms with Crippen LogP contribution in [0.15, 0.2) is 42.7 Å². The molecule has 4 heterocycles. The summed E-state index contributed by atoms with van der Waals surface area (Å²) in [4.78, 5) is 11.1. The molecular formula is C19H23N3OS. The fraction of sp³-hybridized carbons (Fsp3) is 0.474. The van der Waals surface area contributed by atoms with Gasteiger partial charge in [-0.05, 0) is 43.2 Å². The molecule has 0 amide bonds. The normalized spacial score (nSPS) is 22.6. The Morgan fingerprint density at radius 3 is 2.88 bits per heavy atom. The Morgan fingerprint density at radius 1 is 1.25 bits per heavy atom. The molecule has 2 saturated heterocycles. The SMILES string of the molecule is Cc1cccc(CO[C@@H]2CSC3(C2)CN(Cc2ccncc2)C3)n1. The first-order valence-corrected chi connectivity index (χ1v) is 9.49. The molecule has 2 fully saturated rings. The molecule has 0 bridgehead atoms. The summed E-state index contributed by atoms with van der Waals surface area (Å²) >= 11 is 2.09. The van der Waals surface area contributed by atoms with Gasteiger partial charge in [0.2, 0.25) is 0 Å². The summed E-state index contributed by atoms with van der Waals surface area (Å²) in [5.41, 5.74) is 3.44. The predicted octanol–water partition coefficient (Wildman–Crippen LogP) is 3.06. The summed E-state index contributed by atoms with van der Waals surface area (Å²) in [6, 6.07) is 10.3. The van der Waals surface area contributed by atoms with Crippen molar-refractivity contribution in [2.45, 2.75) is 37.3 Å². The van der Waals surface area contributed by atoms with E-state index in [-0.39, 0.29) is 0 Å². The first kappa shape index (κ1) is 16.1. The van der Waals surface area contributed by atoms with Crippen molar-refractivity contribution in [3.05, 3.63) is 59.7 Å². The lowest BCUT2D eigenvalue weighted by Gasteiger charge is -2.47.